The smallest absolute Gasteiger partial charge is 0.0646 e. The highest BCUT2D eigenvalue weighted by molar-refractivity contribution is 7.97. The molecule has 0 saturated heterocycles. The molecule has 1 aromatic heterocycles. The maximum Gasteiger partial charge on any atom is 0.0646 e. The summed E-state index contributed by atoms with van der Waals surface area (Å²) in [4.78, 5) is 1.26. The van der Waals surface area contributed by atoms with Crippen molar-refractivity contribution in [3.63, 3.8) is 0 Å². The van der Waals surface area contributed by atoms with Gasteiger partial charge in [-0.3, -0.25) is 4.72 Å². The van der Waals surface area contributed by atoms with Gasteiger partial charge in [-0.2, -0.15) is 5.10 Å². The Labute approximate surface area is 236 Å². The van der Waals surface area contributed by atoms with E-state index in [9.17, 15) is 0 Å². The van der Waals surface area contributed by atoms with Crippen molar-refractivity contribution in [3.05, 3.63) is 42.7 Å². The molecule has 0 aliphatic heterocycles. The van der Waals surface area contributed by atoms with Crippen molar-refractivity contribution >= 4 is 11.9 Å². The third kappa shape index (κ3) is 5.12. The molecule has 38 heavy (non-hydrogen) atoms. The van der Waals surface area contributed by atoms with E-state index in [1.807, 2.05) is 23.1 Å². The van der Waals surface area contributed by atoms with E-state index in [1.54, 1.807) is 11.9 Å². The Kier molecular flexibility index (Phi) is 8.39. The summed E-state index contributed by atoms with van der Waals surface area (Å²) in [6, 6.07) is 11.0. The van der Waals surface area contributed by atoms with Gasteiger partial charge < -0.3 is 5.73 Å². The lowest BCUT2D eigenvalue weighted by atomic mass is 9.48. The molecule has 4 nitrogen and oxygen atoms in total. The second-order valence-electron chi connectivity index (χ2n) is 13.9. The molecule has 2 aromatic rings. The van der Waals surface area contributed by atoms with Crippen LogP contribution in [0.1, 0.15) is 98.8 Å². The average Bonchev–Trinajstić information content (AvgIpc) is 3.46. The van der Waals surface area contributed by atoms with Crippen LogP contribution in [0.4, 0.5) is 0 Å². The summed E-state index contributed by atoms with van der Waals surface area (Å²) >= 11 is 1.78. The minimum Gasteiger partial charge on any atom is -0.327 e. The third-order valence-corrected chi connectivity index (χ3v) is 12.8. The third-order valence-electron chi connectivity index (χ3n) is 12.0. The van der Waals surface area contributed by atoms with Crippen molar-refractivity contribution in [3.8, 4) is 5.69 Å². The van der Waals surface area contributed by atoms with Gasteiger partial charge in [0.15, 0.2) is 0 Å². The molecule has 2 bridgehead atoms. The lowest BCUT2D eigenvalue weighted by molar-refractivity contribution is -0.0739. The van der Waals surface area contributed by atoms with Crippen LogP contribution in [0, 0.1) is 39.9 Å². The largest absolute Gasteiger partial charge is 0.327 e. The van der Waals surface area contributed by atoms with Gasteiger partial charge in [-0.15, -0.1) is 0 Å². The normalized spacial score (nSPS) is 38.5. The quantitative estimate of drug-likeness (QED) is 0.350. The number of rotatable bonds is 7. The predicted molar refractivity (Wildman–Crippen MR) is 161 cm³/mol. The van der Waals surface area contributed by atoms with Gasteiger partial charge >= 0.3 is 0 Å². The molecule has 8 atom stereocenters. The second-order valence-corrected chi connectivity index (χ2v) is 14.8. The number of hydrogen-bond acceptors (Lipinski definition) is 4. The van der Waals surface area contributed by atoms with E-state index >= 15 is 0 Å². The summed E-state index contributed by atoms with van der Waals surface area (Å²) in [6.45, 7) is 14.0. The zero-order chi connectivity index (χ0) is 27.0. The first-order valence-electron chi connectivity index (χ1n) is 15.5. The summed E-state index contributed by atoms with van der Waals surface area (Å²) in [7, 11) is 0. The van der Waals surface area contributed by atoms with Crippen LogP contribution in [0.2, 0.25) is 0 Å². The van der Waals surface area contributed by atoms with E-state index in [-0.39, 0.29) is 5.41 Å². The van der Waals surface area contributed by atoms with Gasteiger partial charge in [-0.1, -0.05) is 53.9 Å². The Morgan fingerprint density at radius 3 is 2.55 bits per heavy atom. The van der Waals surface area contributed by atoms with Crippen molar-refractivity contribution in [2.75, 3.05) is 6.54 Å². The molecule has 210 valence electrons. The molecule has 5 heteroatoms. The molecule has 6 unspecified atom stereocenters. The number of hydrogen-bond donors (Lipinski definition) is 2. The fourth-order valence-electron chi connectivity index (χ4n) is 9.40. The maximum absolute atomic E-state index is 7.18. The van der Waals surface area contributed by atoms with Gasteiger partial charge in [0.1, 0.15) is 0 Å². The van der Waals surface area contributed by atoms with Gasteiger partial charge in [-0.05, 0) is 127 Å². The number of nitrogens with two attached hydrogens (primary N) is 1. The molecule has 0 radical (unpaired) electrons. The number of benzene rings is 1. The number of aromatic nitrogens is 2. The van der Waals surface area contributed by atoms with Crippen molar-refractivity contribution in [2.45, 2.75) is 110 Å². The predicted octanol–water partition coefficient (Wildman–Crippen LogP) is 8.26. The first kappa shape index (κ1) is 28.2. The minimum absolute atomic E-state index is 0.244. The molecule has 0 spiro atoms. The topological polar surface area (TPSA) is 55.9 Å². The van der Waals surface area contributed by atoms with Gasteiger partial charge in [0.2, 0.25) is 0 Å². The van der Waals surface area contributed by atoms with Crippen molar-refractivity contribution in [2.24, 2.45) is 45.7 Å². The molecule has 4 saturated carbocycles. The summed E-state index contributed by atoms with van der Waals surface area (Å²) in [5.74, 6) is 3.04. The highest BCUT2D eigenvalue weighted by Gasteiger charge is 2.58. The molecular formula is C33H52N4S. The highest BCUT2D eigenvalue weighted by Crippen LogP contribution is 2.64. The molecule has 0 amide bonds. The molecule has 1 heterocycles. The first-order chi connectivity index (χ1) is 18.2. The number of nitrogens with zero attached hydrogens (tertiary/aromatic N) is 2. The van der Waals surface area contributed by atoms with E-state index in [1.165, 1.54) is 69.1 Å². The SMILES string of the molecule is CC[C@H]1CC2(C)CCC(N)C(C)(CCC2[C@H](C)CNSc2ccc(-n3cccn3)cc2)C2(C)CCCCC12. The molecule has 4 fully saturated rings. The van der Waals surface area contributed by atoms with E-state index < -0.39 is 0 Å². The zero-order valence-corrected chi connectivity index (χ0v) is 25.4. The van der Waals surface area contributed by atoms with Gasteiger partial charge in [-0.25, -0.2) is 4.68 Å². The lowest BCUT2D eigenvalue weighted by Gasteiger charge is -2.58. The summed E-state index contributed by atoms with van der Waals surface area (Å²) < 4.78 is 5.67. The summed E-state index contributed by atoms with van der Waals surface area (Å²) in [6.07, 6.45) is 17.3. The van der Waals surface area contributed by atoms with E-state index in [2.05, 4.69) is 68.7 Å². The zero-order valence-electron chi connectivity index (χ0n) is 24.6. The Morgan fingerprint density at radius 1 is 1.05 bits per heavy atom. The van der Waals surface area contributed by atoms with Crippen molar-refractivity contribution in [1.82, 2.24) is 14.5 Å². The van der Waals surface area contributed by atoms with E-state index in [4.69, 9.17) is 5.73 Å². The van der Waals surface area contributed by atoms with Gasteiger partial charge in [0, 0.05) is 29.9 Å². The van der Waals surface area contributed by atoms with E-state index in [0.29, 0.717) is 22.8 Å². The van der Waals surface area contributed by atoms with Crippen molar-refractivity contribution in [1.29, 1.82) is 0 Å². The van der Waals surface area contributed by atoms with Crippen LogP contribution < -0.4 is 10.5 Å². The maximum atomic E-state index is 7.18. The first-order valence-corrected chi connectivity index (χ1v) is 16.3. The van der Waals surface area contributed by atoms with Crippen LogP contribution in [0.5, 0.6) is 0 Å². The van der Waals surface area contributed by atoms with Crippen LogP contribution in [-0.2, 0) is 0 Å². The van der Waals surface area contributed by atoms with Crippen LogP contribution in [-0.4, -0.2) is 22.4 Å². The highest BCUT2D eigenvalue weighted by atomic mass is 32.2. The Morgan fingerprint density at radius 2 is 1.84 bits per heavy atom. The van der Waals surface area contributed by atoms with Crippen LogP contribution in [0.15, 0.2) is 47.6 Å². The summed E-state index contributed by atoms with van der Waals surface area (Å²) in [5.41, 5.74) is 9.28. The van der Waals surface area contributed by atoms with Gasteiger partial charge in [0.25, 0.3) is 0 Å². The lowest BCUT2D eigenvalue weighted by Crippen LogP contribution is -2.56. The summed E-state index contributed by atoms with van der Waals surface area (Å²) in [5, 5.41) is 4.34. The Bertz CT molecular complexity index is 1040. The Hall–Kier alpha value is -1.30. The standard InChI is InChI=1S/C33H52N4S/c1-6-25-22-31(3)18-16-30(34)33(5,32(4)17-8-7-10-29(25)32)19-15-28(31)24(2)23-36-38-27-13-11-26(12-14-27)37-21-9-20-35-37/h9,11-14,20-21,24-25,28-30,36H,6-8,10,15-19,22-23,34H2,1-5H3/t24-,25+,28?,29?,30?,31?,32?,33?/m1/s1. The number of nitrogens with one attached hydrogen (secondary N) is 1. The Balaban J connectivity index is 1.32. The minimum atomic E-state index is 0.244. The monoisotopic (exact) mass is 536 g/mol. The number of fused-ring (bicyclic) bond motifs is 5. The van der Waals surface area contributed by atoms with Gasteiger partial charge in [0.05, 0.1) is 5.69 Å². The molecule has 1 aromatic carbocycles. The molecule has 4 aliphatic carbocycles. The van der Waals surface area contributed by atoms with Crippen LogP contribution in [0.3, 0.4) is 0 Å². The van der Waals surface area contributed by atoms with Crippen LogP contribution >= 0.6 is 11.9 Å². The molecule has 6 rings (SSSR count). The fourth-order valence-corrected chi connectivity index (χ4v) is 10.2. The average molecular weight is 537 g/mol. The second kappa shape index (κ2) is 11.3. The van der Waals surface area contributed by atoms with Crippen molar-refractivity contribution < 1.29 is 0 Å². The molecule has 4 aliphatic rings. The fraction of sp³-hybridized carbons (Fsp3) is 0.727. The van der Waals surface area contributed by atoms with E-state index in [0.717, 1.165) is 30.0 Å². The van der Waals surface area contributed by atoms with Crippen LogP contribution in [0.25, 0.3) is 5.69 Å². The molecule has 3 N–H and O–H groups in total. The molecular weight excluding hydrogens is 484 g/mol.